The van der Waals surface area contributed by atoms with E-state index in [0.717, 1.165) is 23.5 Å². The van der Waals surface area contributed by atoms with E-state index in [-0.39, 0.29) is 4.90 Å². The number of hydrogen-bond acceptors (Lipinski definition) is 2. The number of aromatic nitrogens is 1. The maximum Gasteiger partial charge on any atom is 0.239 e. The zero-order chi connectivity index (χ0) is 14.9. The van der Waals surface area contributed by atoms with E-state index >= 15 is 0 Å². The molecule has 0 saturated heterocycles. The lowest BCUT2D eigenvalue weighted by molar-refractivity contribution is 0.316. The van der Waals surface area contributed by atoms with Crippen LogP contribution in [0.2, 0.25) is 0 Å². The standard InChI is InChI=1S/C15H24N2O2S/c1-11(2)14-9-15(20(16,18)19)12(3)17(14)10-13-7-5-4-6-8-13/h9,13H,1,4-8,10H2,2-3H3,(H2,16,18,19). The van der Waals surface area contributed by atoms with Crippen molar-refractivity contribution < 1.29 is 8.42 Å². The molecule has 1 aliphatic rings. The second-order valence-corrected chi connectivity index (χ2v) is 7.45. The molecule has 0 radical (unpaired) electrons. The number of nitrogens with two attached hydrogens (primary N) is 1. The molecule has 0 aliphatic heterocycles. The summed E-state index contributed by atoms with van der Waals surface area (Å²) in [7, 11) is -3.67. The van der Waals surface area contributed by atoms with Crippen LogP contribution < -0.4 is 5.14 Å². The van der Waals surface area contributed by atoms with E-state index in [1.54, 1.807) is 6.07 Å². The largest absolute Gasteiger partial charge is 0.344 e. The fraction of sp³-hybridized carbons (Fsp3) is 0.600. The molecule has 2 N–H and O–H groups in total. The van der Waals surface area contributed by atoms with Gasteiger partial charge in [0.1, 0.15) is 4.90 Å². The molecular weight excluding hydrogens is 272 g/mol. The molecule has 1 aliphatic carbocycles. The average Bonchev–Trinajstić information content (AvgIpc) is 2.68. The predicted octanol–water partition coefficient (Wildman–Crippen LogP) is 3.06. The highest BCUT2D eigenvalue weighted by molar-refractivity contribution is 7.89. The molecule has 0 spiro atoms. The Hall–Kier alpha value is -1.07. The van der Waals surface area contributed by atoms with Crippen LogP contribution in [0.3, 0.4) is 0 Å². The summed E-state index contributed by atoms with van der Waals surface area (Å²) in [5.41, 5.74) is 2.49. The Morgan fingerprint density at radius 1 is 1.40 bits per heavy atom. The molecule has 20 heavy (non-hydrogen) atoms. The van der Waals surface area contributed by atoms with Crippen molar-refractivity contribution in [1.82, 2.24) is 4.57 Å². The molecule has 1 fully saturated rings. The van der Waals surface area contributed by atoms with E-state index in [9.17, 15) is 8.42 Å². The molecule has 1 saturated carbocycles. The zero-order valence-electron chi connectivity index (χ0n) is 12.4. The van der Waals surface area contributed by atoms with E-state index in [2.05, 4.69) is 11.1 Å². The number of nitrogens with zero attached hydrogens (tertiary/aromatic N) is 1. The smallest absolute Gasteiger partial charge is 0.239 e. The Morgan fingerprint density at radius 3 is 2.50 bits per heavy atom. The van der Waals surface area contributed by atoms with Crippen LogP contribution in [-0.4, -0.2) is 13.0 Å². The second kappa shape index (κ2) is 5.74. The van der Waals surface area contributed by atoms with E-state index < -0.39 is 10.0 Å². The molecule has 0 unspecified atom stereocenters. The summed E-state index contributed by atoms with van der Waals surface area (Å²) in [6, 6.07) is 1.66. The first-order valence-corrected chi connectivity index (χ1v) is 8.74. The molecule has 0 aromatic carbocycles. The van der Waals surface area contributed by atoms with Gasteiger partial charge in [0.15, 0.2) is 0 Å². The van der Waals surface area contributed by atoms with Crippen molar-refractivity contribution in [3.8, 4) is 0 Å². The van der Waals surface area contributed by atoms with Gasteiger partial charge in [-0.2, -0.15) is 0 Å². The van der Waals surface area contributed by atoms with Crippen molar-refractivity contribution in [3.05, 3.63) is 24.0 Å². The number of rotatable bonds is 4. The van der Waals surface area contributed by atoms with Crippen molar-refractivity contribution in [3.63, 3.8) is 0 Å². The van der Waals surface area contributed by atoms with E-state index in [4.69, 9.17) is 5.14 Å². The summed E-state index contributed by atoms with van der Waals surface area (Å²) in [6.45, 7) is 8.55. The first kappa shape index (κ1) is 15.3. The van der Waals surface area contributed by atoms with Crippen LogP contribution in [-0.2, 0) is 16.6 Å². The molecular formula is C15H24N2O2S. The third-order valence-corrected chi connectivity index (χ3v) is 5.26. The molecule has 4 nitrogen and oxygen atoms in total. The highest BCUT2D eigenvalue weighted by Gasteiger charge is 2.22. The average molecular weight is 296 g/mol. The molecule has 1 heterocycles. The van der Waals surface area contributed by atoms with Gasteiger partial charge >= 0.3 is 0 Å². The van der Waals surface area contributed by atoms with Crippen molar-refractivity contribution in [1.29, 1.82) is 0 Å². The lowest BCUT2D eigenvalue weighted by Gasteiger charge is -2.24. The molecule has 112 valence electrons. The van der Waals surface area contributed by atoms with Crippen molar-refractivity contribution in [2.75, 3.05) is 0 Å². The van der Waals surface area contributed by atoms with Crippen molar-refractivity contribution in [2.45, 2.75) is 57.4 Å². The normalized spacial score (nSPS) is 17.4. The third-order valence-electron chi connectivity index (χ3n) is 4.23. The van der Waals surface area contributed by atoms with Gasteiger partial charge in [-0.15, -0.1) is 0 Å². The van der Waals surface area contributed by atoms with Gasteiger partial charge in [-0.05, 0) is 44.2 Å². The Kier molecular flexibility index (Phi) is 4.39. The van der Waals surface area contributed by atoms with Gasteiger partial charge in [-0.25, -0.2) is 13.6 Å². The Bertz CT molecular complexity index is 608. The van der Waals surface area contributed by atoms with Crippen LogP contribution in [0.25, 0.3) is 5.57 Å². The topological polar surface area (TPSA) is 65.1 Å². The van der Waals surface area contributed by atoms with Crippen LogP contribution in [0.5, 0.6) is 0 Å². The summed E-state index contributed by atoms with van der Waals surface area (Å²) in [5.74, 6) is 0.626. The van der Waals surface area contributed by atoms with Crippen LogP contribution in [0.15, 0.2) is 17.5 Å². The second-order valence-electron chi connectivity index (χ2n) is 5.92. The predicted molar refractivity (Wildman–Crippen MR) is 81.8 cm³/mol. The highest BCUT2D eigenvalue weighted by Crippen LogP contribution is 2.30. The maximum atomic E-state index is 11.7. The Balaban J connectivity index is 2.39. The number of hydrogen-bond donors (Lipinski definition) is 1. The molecule has 5 heteroatoms. The van der Waals surface area contributed by atoms with Crippen LogP contribution in [0, 0.1) is 12.8 Å². The van der Waals surface area contributed by atoms with Crippen molar-refractivity contribution in [2.24, 2.45) is 11.1 Å². The van der Waals surface area contributed by atoms with Gasteiger partial charge in [-0.1, -0.05) is 25.8 Å². The molecule has 1 aromatic heterocycles. The SMILES string of the molecule is C=C(C)c1cc(S(N)(=O)=O)c(C)n1CC1CCCCC1. The lowest BCUT2D eigenvalue weighted by atomic mass is 9.89. The van der Waals surface area contributed by atoms with E-state index in [1.807, 2.05) is 13.8 Å². The first-order chi connectivity index (χ1) is 9.30. The lowest BCUT2D eigenvalue weighted by Crippen LogP contribution is -2.17. The third kappa shape index (κ3) is 3.15. The maximum absolute atomic E-state index is 11.7. The minimum atomic E-state index is -3.67. The Morgan fingerprint density at radius 2 is 2.00 bits per heavy atom. The fourth-order valence-electron chi connectivity index (χ4n) is 3.13. The van der Waals surface area contributed by atoms with Gasteiger partial charge in [0, 0.05) is 17.9 Å². The van der Waals surface area contributed by atoms with Gasteiger partial charge in [0.25, 0.3) is 0 Å². The van der Waals surface area contributed by atoms with Crippen LogP contribution >= 0.6 is 0 Å². The molecule has 0 amide bonds. The minimum Gasteiger partial charge on any atom is -0.344 e. The van der Waals surface area contributed by atoms with Crippen LogP contribution in [0.4, 0.5) is 0 Å². The summed E-state index contributed by atoms with van der Waals surface area (Å²) >= 11 is 0. The quantitative estimate of drug-likeness (QED) is 0.928. The number of allylic oxidation sites excluding steroid dienone is 1. The summed E-state index contributed by atoms with van der Waals surface area (Å²) in [4.78, 5) is 0.228. The number of primary sulfonamides is 1. The minimum absolute atomic E-state index is 0.228. The van der Waals surface area contributed by atoms with Gasteiger partial charge < -0.3 is 4.57 Å². The van der Waals surface area contributed by atoms with Crippen molar-refractivity contribution >= 4 is 15.6 Å². The molecule has 2 rings (SSSR count). The first-order valence-electron chi connectivity index (χ1n) is 7.19. The summed E-state index contributed by atoms with van der Waals surface area (Å²) < 4.78 is 25.4. The molecule has 0 atom stereocenters. The van der Waals surface area contributed by atoms with Crippen LogP contribution in [0.1, 0.15) is 50.4 Å². The highest BCUT2D eigenvalue weighted by atomic mass is 32.2. The fourth-order valence-corrected chi connectivity index (χ4v) is 3.92. The number of sulfonamides is 1. The van der Waals surface area contributed by atoms with Gasteiger partial charge in [0.2, 0.25) is 10.0 Å². The summed E-state index contributed by atoms with van der Waals surface area (Å²) in [5, 5.41) is 5.30. The molecule has 0 bridgehead atoms. The Labute approximate surface area is 121 Å². The van der Waals surface area contributed by atoms with E-state index in [1.165, 1.54) is 32.1 Å². The van der Waals surface area contributed by atoms with Gasteiger partial charge in [-0.3, -0.25) is 0 Å². The van der Waals surface area contributed by atoms with Gasteiger partial charge in [0.05, 0.1) is 0 Å². The molecule has 1 aromatic rings. The summed E-state index contributed by atoms with van der Waals surface area (Å²) in [6.07, 6.45) is 6.30. The zero-order valence-corrected chi connectivity index (χ0v) is 13.2. The monoisotopic (exact) mass is 296 g/mol. The van der Waals surface area contributed by atoms with E-state index in [0.29, 0.717) is 5.92 Å².